The number of hydrogen-bond donors (Lipinski definition) is 0. The molecule has 1 aromatic carbocycles. The van der Waals surface area contributed by atoms with E-state index in [1.807, 2.05) is 29.2 Å². The molecule has 0 aliphatic carbocycles. The lowest BCUT2D eigenvalue weighted by molar-refractivity contribution is -0.128. The second-order valence-electron chi connectivity index (χ2n) is 5.75. The van der Waals surface area contributed by atoms with Gasteiger partial charge in [-0.05, 0) is 24.1 Å². The van der Waals surface area contributed by atoms with Gasteiger partial charge in [-0.25, -0.2) is 0 Å². The Morgan fingerprint density at radius 2 is 1.86 bits per heavy atom. The lowest BCUT2D eigenvalue weighted by Gasteiger charge is -2.24. The minimum absolute atomic E-state index is 0.121. The third-order valence-corrected chi connectivity index (χ3v) is 5.30. The van der Waals surface area contributed by atoms with E-state index >= 15 is 0 Å². The third kappa shape index (κ3) is 4.51. The molecule has 1 amide bonds. The molecule has 118 valence electrons. The maximum absolute atomic E-state index is 12.1. The smallest absolute Gasteiger partial charge is 0.233 e. The minimum Gasteiger partial charge on any atom is -0.326 e. The first-order valence-corrected chi connectivity index (χ1v) is 9.22. The molecule has 0 spiro atoms. The highest BCUT2D eigenvalue weighted by molar-refractivity contribution is 8.00. The Labute approximate surface area is 137 Å². The van der Waals surface area contributed by atoms with Crippen molar-refractivity contribution in [2.75, 3.05) is 12.3 Å². The Balaban J connectivity index is 1.87. The van der Waals surface area contributed by atoms with Crippen LogP contribution in [0.4, 0.5) is 0 Å². The Kier molecular flexibility index (Phi) is 6.79. The normalized spacial score (nSPS) is 17.7. The maximum atomic E-state index is 12.1. The third-order valence-electron chi connectivity index (χ3n) is 4.05. The van der Waals surface area contributed by atoms with E-state index in [4.69, 9.17) is 5.26 Å². The summed E-state index contributed by atoms with van der Waals surface area (Å²) in [5.41, 5.74) is 1.79. The van der Waals surface area contributed by atoms with Crippen LogP contribution in [-0.2, 0) is 4.79 Å². The number of rotatable bonds is 8. The summed E-state index contributed by atoms with van der Waals surface area (Å²) in [6.45, 7) is 3.07. The van der Waals surface area contributed by atoms with Crippen molar-refractivity contribution in [2.45, 2.75) is 50.8 Å². The average Bonchev–Trinajstić information content (AvgIpc) is 2.92. The summed E-state index contributed by atoms with van der Waals surface area (Å²) in [7, 11) is 0. The van der Waals surface area contributed by atoms with E-state index in [1.54, 1.807) is 11.8 Å². The molecule has 0 aromatic heterocycles. The molecule has 1 saturated heterocycles. The number of carbonyl (C=O) groups is 1. The second kappa shape index (κ2) is 8.85. The monoisotopic (exact) mass is 316 g/mol. The van der Waals surface area contributed by atoms with Crippen LogP contribution in [0.3, 0.4) is 0 Å². The van der Waals surface area contributed by atoms with Crippen LogP contribution < -0.4 is 0 Å². The number of benzene rings is 1. The van der Waals surface area contributed by atoms with Gasteiger partial charge in [0.25, 0.3) is 0 Å². The molecule has 1 atom stereocenters. The molecule has 0 radical (unpaired) electrons. The van der Waals surface area contributed by atoms with E-state index in [9.17, 15) is 4.79 Å². The Morgan fingerprint density at radius 1 is 1.18 bits per heavy atom. The highest BCUT2D eigenvalue weighted by atomic mass is 32.2. The zero-order chi connectivity index (χ0) is 15.8. The summed E-state index contributed by atoms with van der Waals surface area (Å²) in [6, 6.07) is 9.76. The summed E-state index contributed by atoms with van der Waals surface area (Å²) in [4.78, 5) is 14.1. The Hall–Kier alpha value is -1.47. The summed E-state index contributed by atoms with van der Waals surface area (Å²) >= 11 is 1.69. The van der Waals surface area contributed by atoms with Gasteiger partial charge in [0.15, 0.2) is 0 Å². The van der Waals surface area contributed by atoms with Gasteiger partial charge in [-0.3, -0.25) is 4.79 Å². The van der Waals surface area contributed by atoms with E-state index in [0.29, 0.717) is 11.3 Å². The molecular weight excluding hydrogens is 292 g/mol. The number of thioether (sulfide) groups is 1. The molecule has 0 N–H and O–H groups in total. The van der Waals surface area contributed by atoms with Gasteiger partial charge in [0, 0.05) is 6.54 Å². The van der Waals surface area contributed by atoms with Gasteiger partial charge in [-0.2, -0.15) is 5.26 Å². The standard InChI is InChI=1S/C18H24N2OS/c1-2-3-4-5-6-7-12-20-17(21)14-22-18(20)16-10-8-15(13-19)9-11-16/h8-11,18H,2-7,12,14H2,1H3. The van der Waals surface area contributed by atoms with Crippen LogP contribution in [0.2, 0.25) is 0 Å². The molecule has 1 aliphatic heterocycles. The largest absolute Gasteiger partial charge is 0.326 e. The Bertz CT molecular complexity index is 521. The zero-order valence-electron chi connectivity index (χ0n) is 13.3. The number of amides is 1. The van der Waals surface area contributed by atoms with Gasteiger partial charge >= 0.3 is 0 Å². The molecule has 2 rings (SSSR count). The van der Waals surface area contributed by atoms with E-state index in [2.05, 4.69) is 13.0 Å². The van der Waals surface area contributed by atoms with E-state index in [1.165, 1.54) is 32.1 Å². The van der Waals surface area contributed by atoms with Crippen molar-refractivity contribution in [3.05, 3.63) is 35.4 Å². The number of nitriles is 1. The Morgan fingerprint density at radius 3 is 2.55 bits per heavy atom. The van der Waals surface area contributed by atoms with Crippen LogP contribution in [0.1, 0.15) is 61.9 Å². The predicted molar refractivity (Wildman–Crippen MR) is 91.4 cm³/mol. The van der Waals surface area contributed by atoms with Crippen LogP contribution in [-0.4, -0.2) is 23.1 Å². The van der Waals surface area contributed by atoms with E-state index < -0.39 is 0 Å². The molecule has 3 nitrogen and oxygen atoms in total. The maximum Gasteiger partial charge on any atom is 0.233 e. The average molecular weight is 316 g/mol. The molecule has 1 fully saturated rings. The van der Waals surface area contributed by atoms with Crippen molar-refractivity contribution in [1.82, 2.24) is 4.90 Å². The summed E-state index contributed by atoms with van der Waals surface area (Å²) < 4.78 is 0. The molecule has 1 unspecified atom stereocenters. The fourth-order valence-electron chi connectivity index (χ4n) is 2.76. The van der Waals surface area contributed by atoms with Gasteiger partial charge in [0.05, 0.1) is 17.4 Å². The highest BCUT2D eigenvalue weighted by Crippen LogP contribution is 2.38. The molecular formula is C18H24N2OS. The molecule has 1 aromatic rings. The lowest BCUT2D eigenvalue weighted by atomic mass is 10.1. The fourth-order valence-corrected chi connectivity index (χ4v) is 3.98. The van der Waals surface area contributed by atoms with Crippen molar-refractivity contribution >= 4 is 17.7 Å². The highest BCUT2D eigenvalue weighted by Gasteiger charge is 2.32. The van der Waals surface area contributed by atoms with Crippen molar-refractivity contribution in [2.24, 2.45) is 0 Å². The van der Waals surface area contributed by atoms with E-state index in [-0.39, 0.29) is 11.3 Å². The van der Waals surface area contributed by atoms with Crippen molar-refractivity contribution in [3.8, 4) is 6.07 Å². The number of nitrogens with zero attached hydrogens (tertiary/aromatic N) is 2. The summed E-state index contributed by atoms with van der Waals surface area (Å²) in [5, 5.41) is 8.99. The molecule has 1 heterocycles. The van der Waals surface area contributed by atoms with Crippen LogP contribution in [0.5, 0.6) is 0 Å². The van der Waals surface area contributed by atoms with Crippen molar-refractivity contribution < 1.29 is 4.79 Å². The molecule has 0 saturated carbocycles. The van der Waals surface area contributed by atoms with Gasteiger partial charge < -0.3 is 4.90 Å². The summed E-state index contributed by atoms with van der Waals surface area (Å²) in [5.74, 6) is 0.813. The first-order chi connectivity index (χ1) is 10.8. The number of carbonyl (C=O) groups excluding carboxylic acids is 1. The van der Waals surface area contributed by atoms with Gasteiger partial charge in [0.1, 0.15) is 5.37 Å². The first-order valence-electron chi connectivity index (χ1n) is 8.17. The quantitative estimate of drug-likeness (QED) is 0.664. The van der Waals surface area contributed by atoms with Crippen molar-refractivity contribution in [1.29, 1.82) is 5.26 Å². The molecule has 1 aliphatic rings. The molecule has 0 bridgehead atoms. The summed E-state index contributed by atoms with van der Waals surface area (Å²) in [6.07, 6.45) is 7.44. The minimum atomic E-state index is 0.121. The van der Waals surface area contributed by atoms with Crippen LogP contribution in [0.25, 0.3) is 0 Å². The molecule has 4 heteroatoms. The second-order valence-corrected chi connectivity index (χ2v) is 6.82. The topological polar surface area (TPSA) is 44.1 Å². The van der Waals surface area contributed by atoms with Crippen LogP contribution in [0, 0.1) is 11.3 Å². The van der Waals surface area contributed by atoms with E-state index in [0.717, 1.165) is 18.5 Å². The zero-order valence-corrected chi connectivity index (χ0v) is 14.1. The molecule has 22 heavy (non-hydrogen) atoms. The van der Waals surface area contributed by atoms with Crippen LogP contribution >= 0.6 is 11.8 Å². The number of unbranched alkanes of at least 4 members (excludes halogenated alkanes) is 5. The fraction of sp³-hybridized carbons (Fsp3) is 0.556. The lowest BCUT2D eigenvalue weighted by Crippen LogP contribution is -2.29. The van der Waals surface area contributed by atoms with Gasteiger partial charge in [-0.1, -0.05) is 51.2 Å². The first kappa shape index (κ1) is 16.9. The van der Waals surface area contributed by atoms with Gasteiger partial charge in [-0.15, -0.1) is 11.8 Å². The van der Waals surface area contributed by atoms with Crippen molar-refractivity contribution in [3.63, 3.8) is 0 Å². The number of hydrogen-bond acceptors (Lipinski definition) is 3. The SMILES string of the molecule is CCCCCCCCN1C(=O)CSC1c1ccc(C#N)cc1. The van der Waals surface area contributed by atoms with Gasteiger partial charge in [0.2, 0.25) is 5.91 Å². The van der Waals surface area contributed by atoms with Crippen LogP contribution in [0.15, 0.2) is 24.3 Å². The predicted octanol–water partition coefficient (Wildman–Crippen LogP) is 4.49.